The summed E-state index contributed by atoms with van der Waals surface area (Å²) in [6.07, 6.45) is -0.155. The molecule has 0 spiro atoms. The van der Waals surface area contributed by atoms with Crippen LogP contribution in [-0.2, 0) is 11.2 Å². The number of hydrogen-bond donors (Lipinski definition) is 1. The maximum absolute atomic E-state index is 13.7. The minimum Gasteiger partial charge on any atom is -0.340 e. The van der Waals surface area contributed by atoms with Crippen LogP contribution < -0.4 is 5.73 Å². The van der Waals surface area contributed by atoms with E-state index in [1.54, 1.807) is 4.90 Å². The molecule has 1 heterocycles. The van der Waals surface area contributed by atoms with Gasteiger partial charge in [0.15, 0.2) is 0 Å². The monoisotopic (exact) mass is 352 g/mol. The molecule has 2 aromatic carbocycles. The third kappa shape index (κ3) is 3.91. The first-order valence-electron chi connectivity index (χ1n) is 7.57. The Labute approximate surface area is 145 Å². The zero-order chi connectivity index (χ0) is 16.4. The van der Waals surface area contributed by atoms with Gasteiger partial charge in [-0.25, -0.2) is 8.78 Å². The molecule has 1 fully saturated rings. The van der Waals surface area contributed by atoms with Crippen LogP contribution in [0.25, 0.3) is 0 Å². The van der Waals surface area contributed by atoms with Crippen LogP contribution in [0.5, 0.6) is 0 Å². The Kier molecular flexibility index (Phi) is 5.91. The summed E-state index contributed by atoms with van der Waals surface area (Å²) in [5.74, 6) is -1.28. The number of hydrogen-bond acceptors (Lipinski definition) is 2. The second-order valence-electron chi connectivity index (χ2n) is 5.89. The highest BCUT2D eigenvalue weighted by molar-refractivity contribution is 5.85. The van der Waals surface area contributed by atoms with Gasteiger partial charge < -0.3 is 10.6 Å². The highest BCUT2D eigenvalue weighted by Gasteiger charge is 2.33. The van der Waals surface area contributed by atoms with Crippen LogP contribution in [0.4, 0.5) is 8.78 Å². The molecular weight excluding hydrogens is 334 g/mol. The van der Waals surface area contributed by atoms with Gasteiger partial charge in [0.05, 0.1) is 6.42 Å². The first-order valence-corrected chi connectivity index (χ1v) is 7.57. The molecule has 1 aliphatic heterocycles. The molecule has 0 aromatic heterocycles. The molecule has 0 aliphatic carbocycles. The van der Waals surface area contributed by atoms with Gasteiger partial charge in [-0.05, 0) is 23.8 Å². The molecule has 2 aromatic rings. The lowest BCUT2D eigenvalue weighted by Crippen LogP contribution is -2.33. The number of nitrogens with zero attached hydrogens (tertiary/aromatic N) is 1. The van der Waals surface area contributed by atoms with Gasteiger partial charge >= 0.3 is 0 Å². The quantitative estimate of drug-likeness (QED) is 0.923. The van der Waals surface area contributed by atoms with Gasteiger partial charge in [0.1, 0.15) is 11.6 Å². The van der Waals surface area contributed by atoms with E-state index in [0.29, 0.717) is 13.1 Å². The van der Waals surface area contributed by atoms with E-state index in [1.165, 1.54) is 0 Å². The second kappa shape index (κ2) is 7.73. The van der Waals surface area contributed by atoms with E-state index in [1.807, 2.05) is 30.3 Å². The number of rotatable bonds is 3. The van der Waals surface area contributed by atoms with E-state index in [2.05, 4.69) is 0 Å². The molecule has 1 amide bonds. The van der Waals surface area contributed by atoms with Crippen molar-refractivity contribution in [2.24, 2.45) is 5.73 Å². The molecule has 24 heavy (non-hydrogen) atoms. The van der Waals surface area contributed by atoms with Gasteiger partial charge in [0, 0.05) is 30.6 Å². The van der Waals surface area contributed by atoms with Gasteiger partial charge in [-0.3, -0.25) is 4.79 Å². The largest absolute Gasteiger partial charge is 0.340 e. The average Bonchev–Trinajstić information content (AvgIpc) is 2.94. The molecule has 6 heteroatoms. The minimum atomic E-state index is -0.567. The Balaban J connectivity index is 0.00000208. The third-order valence-corrected chi connectivity index (χ3v) is 4.29. The Morgan fingerprint density at radius 1 is 1.12 bits per heavy atom. The van der Waals surface area contributed by atoms with Crippen LogP contribution >= 0.6 is 12.4 Å². The van der Waals surface area contributed by atoms with Crippen molar-refractivity contribution in [2.75, 3.05) is 13.1 Å². The molecule has 128 valence electrons. The lowest BCUT2D eigenvalue weighted by molar-refractivity contribution is -0.129. The van der Waals surface area contributed by atoms with E-state index >= 15 is 0 Å². The molecule has 3 nitrogen and oxygen atoms in total. The summed E-state index contributed by atoms with van der Waals surface area (Å²) in [6.45, 7) is 0.927. The lowest BCUT2D eigenvalue weighted by Gasteiger charge is -2.17. The number of carbonyl (C=O) groups is 1. The standard InChI is InChI=1S/C18H18F2N2O.ClH/c19-14-6-7-16(20)13(8-14)9-18(23)22-10-15(17(21)11-22)12-4-2-1-3-5-12;/h1-8,15,17H,9-11,21H2;1H/t15-,17+;/m0./s1. The lowest BCUT2D eigenvalue weighted by atomic mass is 9.95. The predicted molar refractivity (Wildman–Crippen MR) is 91.0 cm³/mol. The van der Waals surface area contributed by atoms with Gasteiger partial charge in [-0.15, -0.1) is 12.4 Å². The van der Waals surface area contributed by atoms with E-state index in [4.69, 9.17) is 5.73 Å². The molecular formula is C18H19ClF2N2O. The smallest absolute Gasteiger partial charge is 0.227 e. The van der Waals surface area contributed by atoms with Gasteiger partial charge in [-0.2, -0.15) is 0 Å². The van der Waals surface area contributed by atoms with Crippen molar-refractivity contribution >= 4 is 18.3 Å². The van der Waals surface area contributed by atoms with Crippen LogP contribution in [-0.4, -0.2) is 29.9 Å². The Morgan fingerprint density at radius 2 is 1.83 bits per heavy atom. The Morgan fingerprint density at radius 3 is 2.54 bits per heavy atom. The minimum absolute atomic E-state index is 0. The molecule has 3 rings (SSSR count). The van der Waals surface area contributed by atoms with Crippen molar-refractivity contribution in [1.82, 2.24) is 4.90 Å². The summed E-state index contributed by atoms with van der Waals surface area (Å²) < 4.78 is 26.9. The number of nitrogens with two attached hydrogens (primary N) is 1. The highest BCUT2D eigenvalue weighted by atomic mass is 35.5. The van der Waals surface area contributed by atoms with E-state index in [9.17, 15) is 13.6 Å². The summed E-state index contributed by atoms with van der Waals surface area (Å²) in [7, 11) is 0. The molecule has 1 saturated heterocycles. The zero-order valence-electron chi connectivity index (χ0n) is 13.0. The summed E-state index contributed by atoms with van der Waals surface area (Å²) in [4.78, 5) is 14.0. The summed E-state index contributed by atoms with van der Waals surface area (Å²) in [5, 5.41) is 0. The normalized spacial score (nSPS) is 19.9. The van der Waals surface area contributed by atoms with Gasteiger partial charge in [0.25, 0.3) is 0 Å². The maximum atomic E-state index is 13.7. The van der Waals surface area contributed by atoms with Crippen molar-refractivity contribution in [3.63, 3.8) is 0 Å². The molecule has 0 unspecified atom stereocenters. The topological polar surface area (TPSA) is 46.3 Å². The molecule has 0 bridgehead atoms. The Hall–Kier alpha value is -1.98. The van der Waals surface area contributed by atoms with E-state index in [-0.39, 0.29) is 42.3 Å². The Bertz CT molecular complexity index is 711. The van der Waals surface area contributed by atoms with Gasteiger partial charge in [0.2, 0.25) is 5.91 Å². The number of carbonyl (C=O) groups excluding carboxylic acids is 1. The summed E-state index contributed by atoms with van der Waals surface area (Å²) in [6, 6.07) is 12.8. The zero-order valence-corrected chi connectivity index (χ0v) is 13.8. The third-order valence-electron chi connectivity index (χ3n) is 4.29. The fourth-order valence-electron chi connectivity index (χ4n) is 3.04. The average molecular weight is 353 g/mol. The summed E-state index contributed by atoms with van der Waals surface area (Å²) >= 11 is 0. The fourth-order valence-corrected chi connectivity index (χ4v) is 3.04. The molecule has 0 radical (unpaired) electrons. The van der Waals surface area contributed by atoms with Crippen molar-refractivity contribution in [2.45, 2.75) is 18.4 Å². The van der Waals surface area contributed by atoms with Crippen LogP contribution in [0.1, 0.15) is 17.0 Å². The summed E-state index contributed by atoms with van der Waals surface area (Å²) in [5.41, 5.74) is 7.32. The van der Waals surface area contributed by atoms with Crippen molar-refractivity contribution < 1.29 is 13.6 Å². The fraction of sp³-hybridized carbons (Fsp3) is 0.278. The number of likely N-dealkylation sites (tertiary alicyclic amines) is 1. The van der Waals surface area contributed by atoms with Crippen molar-refractivity contribution in [3.05, 3.63) is 71.3 Å². The second-order valence-corrected chi connectivity index (χ2v) is 5.89. The molecule has 2 atom stereocenters. The molecule has 0 saturated carbocycles. The van der Waals surface area contributed by atoms with E-state index in [0.717, 1.165) is 23.8 Å². The van der Waals surface area contributed by atoms with Crippen LogP contribution in [0.2, 0.25) is 0 Å². The van der Waals surface area contributed by atoms with Crippen molar-refractivity contribution in [3.8, 4) is 0 Å². The van der Waals surface area contributed by atoms with Crippen LogP contribution in [0.15, 0.2) is 48.5 Å². The van der Waals surface area contributed by atoms with Crippen LogP contribution in [0, 0.1) is 11.6 Å². The first-order chi connectivity index (χ1) is 11.0. The number of halogens is 3. The maximum Gasteiger partial charge on any atom is 0.227 e. The first kappa shape index (κ1) is 18.4. The van der Waals surface area contributed by atoms with Gasteiger partial charge in [-0.1, -0.05) is 30.3 Å². The number of benzene rings is 2. The SMILES string of the molecule is Cl.N[C@@H]1CN(C(=O)Cc2cc(F)ccc2F)C[C@H]1c1ccccc1. The molecule has 2 N–H and O–H groups in total. The predicted octanol–water partition coefficient (Wildman–Crippen LogP) is 2.88. The van der Waals surface area contributed by atoms with Crippen LogP contribution in [0.3, 0.4) is 0 Å². The molecule has 1 aliphatic rings. The van der Waals surface area contributed by atoms with E-state index < -0.39 is 11.6 Å². The van der Waals surface area contributed by atoms with Crippen molar-refractivity contribution in [1.29, 1.82) is 0 Å². The number of amides is 1. The highest BCUT2D eigenvalue weighted by Crippen LogP contribution is 2.27.